The highest BCUT2D eigenvalue weighted by Crippen LogP contribution is 2.14. The van der Waals surface area contributed by atoms with Crippen LogP contribution in [0.5, 0.6) is 11.5 Å². The van der Waals surface area contributed by atoms with Gasteiger partial charge in [0.25, 0.3) is 5.91 Å². The average Bonchev–Trinajstić information content (AvgIpc) is 2.62. The van der Waals surface area contributed by atoms with Crippen molar-refractivity contribution >= 4 is 5.91 Å². The van der Waals surface area contributed by atoms with E-state index in [1.165, 1.54) is 5.56 Å². The van der Waals surface area contributed by atoms with Crippen LogP contribution >= 0.6 is 0 Å². The predicted molar refractivity (Wildman–Crippen MR) is 100 cm³/mol. The van der Waals surface area contributed by atoms with Crippen LogP contribution in [0.3, 0.4) is 0 Å². The van der Waals surface area contributed by atoms with E-state index in [1.807, 2.05) is 43.3 Å². The maximum Gasteiger partial charge on any atom is 0.260 e. The van der Waals surface area contributed by atoms with Crippen LogP contribution in [0.1, 0.15) is 31.4 Å². The van der Waals surface area contributed by atoms with Crippen molar-refractivity contribution in [1.29, 1.82) is 0 Å². The summed E-state index contributed by atoms with van der Waals surface area (Å²) in [4.78, 5) is 12.1. The molecule has 0 saturated heterocycles. The van der Waals surface area contributed by atoms with Crippen LogP contribution in [0.4, 0.5) is 0 Å². The van der Waals surface area contributed by atoms with Crippen molar-refractivity contribution in [3.8, 4) is 11.5 Å². The van der Waals surface area contributed by atoms with Crippen LogP contribution in [0, 0.1) is 6.92 Å². The van der Waals surface area contributed by atoms with E-state index in [4.69, 9.17) is 9.47 Å². The zero-order valence-corrected chi connectivity index (χ0v) is 15.2. The van der Waals surface area contributed by atoms with Crippen LogP contribution in [-0.4, -0.2) is 25.2 Å². The fraction of sp³-hybridized carbons (Fsp3) is 0.381. The number of rotatable bonds is 9. The Labute approximate surface area is 150 Å². The number of carbonyl (C=O) groups is 1. The number of nitrogens with one attached hydrogen (secondary N) is 1. The first-order valence-electron chi connectivity index (χ1n) is 8.81. The number of ether oxygens (including phenoxy) is 2. The first-order chi connectivity index (χ1) is 12.1. The summed E-state index contributed by atoms with van der Waals surface area (Å²) in [5.74, 6) is 1.36. The van der Waals surface area contributed by atoms with Gasteiger partial charge in [0.05, 0.1) is 6.54 Å². The second-order valence-electron chi connectivity index (χ2n) is 6.11. The number of carbonyl (C=O) groups excluding carboxylic acids is 1. The molecule has 0 aromatic heterocycles. The van der Waals surface area contributed by atoms with Gasteiger partial charge in [0.2, 0.25) is 0 Å². The molecule has 0 radical (unpaired) electrons. The molecule has 0 bridgehead atoms. The van der Waals surface area contributed by atoms with E-state index < -0.39 is 6.10 Å². The van der Waals surface area contributed by atoms with E-state index in [1.54, 1.807) is 6.92 Å². The molecule has 0 heterocycles. The van der Waals surface area contributed by atoms with Crippen LogP contribution in [-0.2, 0) is 11.2 Å². The second kappa shape index (κ2) is 9.72. The van der Waals surface area contributed by atoms with Crippen molar-refractivity contribution in [2.24, 2.45) is 0 Å². The molecular formula is C21H27NO3. The maximum absolute atomic E-state index is 12.1. The Kier molecular flexibility index (Phi) is 7.33. The quantitative estimate of drug-likeness (QED) is 0.704. The molecule has 25 heavy (non-hydrogen) atoms. The number of aryl methyl sites for hydroxylation is 2. The smallest absolute Gasteiger partial charge is 0.260 e. The van der Waals surface area contributed by atoms with E-state index in [-0.39, 0.29) is 5.91 Å². The molecule has 1 N–H and O–H groups in total. The summed E-state index contributed by atoms with van der Waals surface area (Å²) in [7, 11) is 0. The lowest BCUT2D eigenvalue weighted by atomic mass is 10.1. The molecule has 0 fully saturated rings. The molecule has 134 valence electrons. The topological polar surface area (TPSA) is 47.6 Å². The maximum atomic E-state index is 12.1. The number of hydrogen-bond donors (Lipinski definition) is 1. The van der Waals surface area contributed by atoms with E-state index >= 15 is 0 Å². The normalized spacial score (nSPS) is 11.6. The van der Waals surface area contributed by atoms with Gasteiger partial charge in [-0.05, 0) is 50.1 Å². The van der Waals surface area contributed by atoms with Crippen LogP contribution < -0.4 is 14.8 Å². The third-order valence-corrected chi connectivity index (χ3v) is 3.84. The summed E-state index contributed by atoms with van der Waals surface area (Å²) in [5.41, 5.74) is 2.47. The monoisotopic (exact) mass is 341 g/mol. The molecule has 0 spiro atoms. The largest absolute Gasteiger partial charge is 0.492 e. The van der Waals surface area contributed by atoms with E-state index in [0.29, 0.717) is 18.9 Å². The summed E-state index contributed by atoms with van der Waals surface area (Å²) >= 11 is 0. The lowest BCUT2D eigenvalue weighted by Gasteiger charge is -2.15. The lowest BCUT2D eigenvalue weighted by molar-refractivity contribution is -0.127. The molecule has 0 aliphatic heterocycles. The fourth-order valence-corrected chi connectivity index (χ4v) is 2.40. The lowest BCUT2D eigenvalue weighted by Crippen LogP contribution is -2.38. The van der Waals surface area contributed by atoms with Crippen molar-refractivity contribution < 1.29 is 14.3 Å². The van der Waals surface area contributed by atoms with Crippen LogP contribution in [0.2, 0.25) is 0 Å². The van der Waals surface area contributed by atoms with Crippen molar-refractivity contribution in [3.05, 3.63) is 59.7 Å². The van der Waals surface area contributed by atoms with Crippen LogP contribution in [0.15, 0.2) is 48.5 Å². The molecule has 4 heteroatoms. The second-order valence-corrected chi connectivity index (χ2v) is 6.11. The Hall–Kier alpha value is -2.49. The Morgan fingerprint density at radius 1 is 1.04 bits per heavy atom. The highest BCUT2D eigenvalue weighted by atomic mass is 16.5. The minimum atomic E-state index is -0.545. The molecular weight excluding hydrogens is 314 g/mol. The first-order valence-corrected chi connectivity index (χ1v) is 8.81. The average molecular weight is 341 g/mol. The molecule has 0 unspecified atom stereocenters. The minimum Gasteiger partial charge on any atom is -0.492 e. The number of benzene rings is 2. The van der Waals surface area contributed by atoms with Crippen molar-refractivity contribution in [3.63, 3.8) is 0 Å². The molecule has 2 aromatic rings. The van der Waals surface area contributed by atoms with E-state index in [2.05, 4.69) is 24.4 Å². The summed E-state index contributed by atoms with van der Waals surface area (Å²) in [6.07, 6.45) is 1.67. The van der Waals surface area contributed by atoms with E-state index in [0.717, 1.165) is 24.2 Å². The molecule has 0 saturated carbocycles. The summed E-state index contributed by atoms with van der Waals surface area (Å²) in [6.45, 7) is 6.78. The number of hydrogen-bond acceptors (Lipinski definition) is 3. The fourth-order valence-electron chi connectivity index (χ4n) is 2.40. The van der Waals surface area contributed by atoms with Crippen molar-refractivity contribution in [2.75, 3.05) is 13.2 Å². The molecule has 0 aliphatic carbocycles. The minimum absolute atomic E-state index is 0.150. The van der Waals surface area contributed by atoms with E-state index in [9.17, 15) is 4.79 Å². The summed E-state index contributed by atoms with van der Waals surface area (Å²) in [5, 5.41) is 2.83. The zero-order valence-electron chi connectivity index (χ0n) is 15.2. The van der Waals surface area contributed by atoms with Gasteiger partial charge >= 0.3 is 0 Å². The van der Waals surface area contributed by atoms with Gasteiger partial charge in [0.15, 0.2) is 6.10 Å². The SMILES string of the molecule is CCCc1ccc(OCCNC(=O)[C@H](C)Oc2ccc(C)cc2)cc1. The van der Waals surface area contributed by atoms with Gasteiger partial charge in [-0.1, -0.05) is 43.2 Å². The molecule has 1 amide bonds. The molecule has 2 aromatic carbocycles. The van der Waals surface area contributed by atoms with Crippen molar-refractivity contribution in [1.82, 2.24) is 5.32 Å². The molecule has 2 rings (SSSR count). The van der Waals surface area contributed by atoms with Gasteiger partial charge in [-0.2, -0.15) is 0 Å². The third-order valence-electron chi connectivity index (χ3n) is 3.84. The molecule has 4 nitrogen and oxygen atoms in total. The Balaban J connectivity index is 1.68. The predicted octanol–water partition coefficient (Wildman–Crippen LogP) is 3.91. The van der Waals surface area contributed by atoms with Crippen LogP contribution in [0.25, 0.3) is 0 Å². The Bertz CT molecular complexity index is 650. The first kappa shape index (κ1) is 18.8. The summed E-state index contributed by atoms with van der Waals surface area (Å²) in [6, 6.07) is 15.7. The third kappa shape index (κ3) is 6.49. The highest BCUT2D eigenvalue weighted by molar-refractivity contribution is 5.80. The Morgan fingerprint density at radius 3 is 2.32 bits per heavy atom. The summed E-state index contributed by atoms with van der Waals surface area (Å²) < 4.78 is 11.3. The zero-order chi connectivity index (χ0) is 18.1. The van der Waals surface area contributed by atoms with Gasteiger partial charge < -0.3 is 14.8 Å². The molecule has 0 aliphatic rings. The van der Waals surface area contributed by atoms with Gasteiger partial charge in [-0.15, -0.1) is 0 Å². The van der Waals surface area contributed by atoms with Gasteiger partial charge in [0, 0.05) is 0 Å². The Morgan fingerprint density at radius 2 is 1.68 bits per heavy atom. The van der Waals surface area contributed by atoms with Gasteiger partial charge in [0.1, 0.15) is 18.1 Å². The van der Waals surface area contributed by atoms with Crippen molar-refractivity contribution in [2.45, 2.75) is 39.7 Å². The van der Waals surface area contributed by atoms with Gasteiger partial charge in [-0.25, -0.2) is 0 Å². The van der Waals surface area contributed by atoms with Gasteiger partial charge in [-0.3, -0.25) is 4.79 Å². The number of amides is 1. The highest BCUT2D eigenvalue weighted by Gasteiger charge is 2.13. The molecule has 1 atom stereocenters. The standard InChI is InChI=1S/C21H27NO3/c1-4-5-18-8-12-19(13-9-18)24-15-14-22-21(23)17(3)25-20-10-6-16(2)7-11-20/h6-13,17H,4-5,14-15H2,1-3H3,(H,22,23)/t17-/m0/s1.